The highest BCUT2D eigenvalue weighted by atomic mass is 19.1. The molecule has 1 unspecified atom stereocenters. The number of nitrogens with zero attached hydrogens (tertiary/aromatic N) is 2. The Hall–Kier alpha value is -1.75. The Labute approximate surface area is 124 Å². The first-order valence-electron chi connectivity index (χ1n) is 7.36. The molecule has 1 aromatic carbocycles. The fraction of sp³-hybridized carbons (Fsp3) is 0.438. The Bertz CT molecular complexity index is 581. The van der Waals surface area contributed by atoms with Crippen LogP contribution in [0.5, 0.6) is 0 Å². The van der Waals surface area contributed by atoms with Crippen molar-refractivity contribution in [1.82, 2.24) is 14.9 Å². The van der Waals surface area contributed by atoms with E-state index in [0.29, 0.717) is 5.56 Å². The highest BCUT2D eigenvalue weighted by Crippen LogP contribution is 2.24. The molecule has 0 aliphatic carbocycles. The van der Waals surface area contributed by atoms with Gasteiger partial charge in [0.15, 0.2) is 0 Å². The lowest BCUT2D eigenvalue weighted by atomic mass is 10.0. The van der Waals surface area contributed by atoms with E-state index in [4.69, 9.17) is 0 Å². The number of benzene rings is 1. The topological polar surface area (TPSA) is 29.9 Å². The summed E-state index contributed by atoms with van der Waals surface area (Å²) in [6.45, 7) is 5.68. The first kappa shape index (κ1) is 15.6. The van der Waals surface area contributed by atoms with E-state index in [1.54, 1.807) is 6.20 Å². The predicted octanol–water partition coefficient (Wildman–Crippen LogP) is 3.66. The van der Waals surface area contributed by atoms with Crippen molar-refractivity contribution in [2.75, 3.05) is 6.54 Å². The maximum atomic E-state index is 14.1. The molecule has 2 rings (SSSR count). The molecule has 1 N–H and O–H groups in total. The number of aromatic nitrogens is 2. The van der Waals surface area contributed by atoms with Gasteiger partial charge in [0.25, 0.3) is 0 Å². The number of aryl methyl sites for hydroxylation is 1. The Morgan fingerprint density at radius 3 is 2.71 bits per heavy atom. The van der Waals surface area contributed by atoms with E-state index in [2.05, 4.69) is 17.2 Å². The minimum atomic E-state index is -0.567. The first-order chi connectivity index (χ1) is 10.2. The number of imidazole rings is 1. The number of rotatable bonds is 7. The summed E-state index contributed by atoms with van der Waals surface area (Å²) in [5.74, 6) is -0.354. The van der Waals surface area contributed by atoms with Crippen LogP contribution >= 0.6 is 0 Å². The van der Waals surface area contributed by atoms with Gasteiger partial charge in [-0.05, 0) is 25.5 Å². The van der Waals surface area contributed by atoms with E-state index in [1.165, 1.54) is 12.1 Å². The van der Waals surface area contributed by atoms with Crippen molar-refractivity contribution in [3.8, 4) is 0 Å². The second kappa shape index (κ2) is 7.31. The molecule has 114 valence electrons. The quantitative estimate of drug-likeness (QED) is 0.844. The van der Waals surface area contributed by atoms with E-state index in [-0.39, 0.29) is 6.04 Å². The van der Waals surface area contributed by atoms with Crippen LogP contribution in [0.4, 0.5) is 8.78 Å². The van der Waals surface area contributed by atoms with Gasteiger partial charge in [0.1, 0.15) is 17.5 Å². The molecule has 0 fully saturated rings. The fourth-order valence-corrected chi connectivity index (χ4v) is 2.38. The molecule has 0 aliphatic heterocycles. The van der Waals surface area contributed by atoms with Crippen molar-refractivity contribution in [3.63, 3.8) is 0 Å². The van der Waals surface area contributed by atoms with Gasteiger partial charge < -0.3 is 9.88 Å². The van der Waals surface area contributed by atoms with Gasteiger partial charge in [-0.3, -0.25) is 0 Å². The van der Waals surface area contributed by atoms with Crippen molar-refractivity contribution in [3.05, 3.63) is 53.6 Å². The van der Waals surface area contributed by atoms with Gasteiger partial charge in [0.05, 0.1) is 6.04 Å². The molecule has 0 saturated carbocycles. The van der Waals surface area contributed by atoms with Crippen molar-refractivity contribution in [2.24, 2.45) is 0 Å². The molecular weight excluding hydrogens is 272 g/mol. The van der Waals surface area contributed by atoms with E-state index in [9.17, 15) is 8.78 Å². The van der Waals surface area contributed by atoms with Gasteiger partial charge in [-0.15, -0.1) is 0 Å². The maximum absolute atomic E-state index is 14.1. The molecule has 1 atom stereocenters. The largest absolute Gasteiger partial charge is 0.333 e. The van der Waals surface area contributed by atoms with Crippen molar-refractivity contribution >= 4 is 0 Å². The van der Waals surface area contributed by atoms with Crippen molar-refractivity contribution in [1.29, 1.82) is 0 Å². The summed E-state index contributed by atoms with van der Waals surface area (Å²) in [5, 5.41) is 3.30. The zero-order valence-corrected chi connectivity index (χ0v) is 12.4. The molecule has 5 heteroatoms. The summed E-state index contributed by atoms with van der Waals surface area (Å²) >= 11 is 0. The molecule has 1 heterocycles. The number of hydrogen-bond donors (Lipinski definition) is 1. The van der Waals surface area contributed by atoms with Crippen LogP contribution in [0, 0.1) is 11.6 Å². The molecular formula is C16H21F2N3. The minimum Gasteiger partial charge on any atom is -0.333 e. The van der Waals surface area contributed by atoms with Crippen LogP contribution in [0.3, 0.4) is 0 Å². The monoisotopic (exact) mass is 293 g/mol. The van der Waals surface area contributed by atoms with Crippen molar-refractivity contribution < 1.29 is 8.78 Å². The van der Waals surface area contributed by atoms with Gasteiger partial charge in [0, 0.05) is 30.6 Å². The van der Waals surface area contributed by atoms with Crippen LogP contribution < -0.4 is 5.32 Å². The van der Waals surface area contributed by atoms with Crippen LogP contribution in [0.1, 0.15) is 44.1 Å². The number of hydrogen-bond acceptors (Lipinski definition) is 2. The standard InChI is InChI=1S/C16H21F2N3/c1-3-7-19-15(13-6-5-12(17)11-14(13)18)16-20-8-10-21(16)9-4-2/h5-6,8,10-11,15,19H,3-4,7,9H2,1-2H3. The maximum Gasteiger partial charge on any atom is 0.131 e. The van der Waals surface area contributed by atoms with Crippen LogP contribution in [-0.2, 0) is 6.54 Å². The third kappa shape index (κ3) is 3.67. The summed E-state index contributed by atoms with van der Waals surface area (Å²) < 4.78 is 29.3. The van der Waals surface area contributed by atoms with Gasteiger partial charge in [-0.1, -0.05) is 19.9 Å². The fourth-order valence-electron chi connectivity index (χ4n) is 2.38. The Balaban J connectivity index is 2.39. The Morgan fingerprint density at radius 2 is 2.05 bits per heavy atom. The molecule has 3 nitrogen and oxygen atoms in total. The van der Waals surface area contributed by atoms with Crippen LogP contribution in [-0.4, -0.2) is 16.1 Å². The van der Waals surface area contributed by atoms with Gasteiger partial charge in [-0.2, -0.15) is 0 Å². The molecule has 0 radical (unpaired) electrons. The van der Waals surface area contributed by atoms with E-state index in [1.807, 2.05) is 17.7 Å². The van der Waals surface area contributed by atoms with E-state index < -0.39 is 11.6 Å². The van der Waals surface area contributed by atoms with Gasteiger partial charge >= 0.3 is 0 Å². The van der Waals surface area contributed by atoms with Crippen molar-refractivity contribution in [2.45, 2.75) is 39.3 Å². The van der Waals surface area contributed by atoms with Crippen LogP contribution in [0.2, 0.25) is 0 Å². The summed E-state index contributed by atoms with van der Waals surface area (Å²) in [7, 11) is 0. The van der Waals surface area contributed by atoms with Gasteiger partial charge in [0.2, 0.25) is 0 Å². The zero-order chi connectivity index (χ0) is 15.2. The molecule has 0 spiro atoms. The normalized spacial score (nSPS) is 12.6. The summed E-state index contributed by atoms with van der Waals surface area (Å²) in [6.07, 6.45) is 5.50. The molecule has 1 aromatic heterocycles. The molecule has 0 saturated heterocycles. The first-order valence-corrected chi connectivity index (χ1v) is 7.36. The Morgan fingerprint density at radius 1 is 1.24 bits per heavy atom. The lowest BCUT2D eigenvalue weighted by Crippen LogP contribution is -2.27. The molecule has 0 aliphatic rings. The lowest BCUT2D eigenvalue weighted by molar-refractivity contribution is 0.498. The van der Waals surface area contributed by atoms with Gasteiger partial charge in [-0.25, -0.2) is 13.8 Å². The number of nitrogens with one attached hydrogen (secondary N) is 1. The van der Waals surface area contributed by atoms with E-state index in [0.717, 1.165) is 37.8 Å². The third-order valence-electron chi connectivity index (χ3n) is 3.34. The average molecular weight is 293 g/mol. The SMILES string of the molecule is CCCNC(c1ccc(F)cc1F)c1nccn1CCC. The van der Waals surface area contributed by atoms with Crippen LogP contribution in [0.15, 0.2) is 30.6 Å². The summed E-state index contributed by atoms with van der Waals surface area (Å²) in [6, 6.07) is 3.32. The highest BCUT2D eigenvalue weighted by molar-refractivity contribution is 5.27. The lowest BCUT2D eigenvalue weighted by Gasteiger charge is -2.20. The highest BCUT2D eigenvalue weighted by Gasteiger charge is 2.21. The second-order valence-electron chi connectivity index (χ2n) is 5.03. The summed E-state index contributed by atoms with van der Waals surface area (Å²) in [5.41, 5.74) is 0.424. The molecule has 0 bridgehead atoms. The zero-order valence-electron chi connectivity index (χ0n) is 12.4. The summed E-state index contributed by atoms with van der Waals surface area (Å²) in [4.78, 5) is 4.37. The molecule has 0 amide bonds. The molecule has 21 heavy (non-hydrogen) atoms. The smallest absolute Gasteiger partial charge is 0.131 e. The minimum absolute atomic E-state index is 0.368. The van der Waals surface area contributed by atoms with Crippen LogP contribution in [0.25, 0.3) is 0 Å². The number of halogens is 2. The third-order valence-corrected chi connectivity index (χ3v) is 3.34. The van der Waals surface area contributed by atoms with E-state index >= 15 is 0 Å². The average Bonchev–Trinajstić information content (AvgIpc) is 2.90. The predicted molar refractivity (Wildman–Crippen MR) is 79.0 cm³/mol. The molecule has 2 aromatic rings. The second-order valence-corrected chi connectivity index (χ2v) is 5.03. The Kier molecular flexibility index (Phi) is 5.44.